The molecule has 6 rings (SSSR count). The van der Waals surface area contributed by atoms with E-state index >= 15 is 0 Å². The number of allylic oxidation sites excluding steroid dienone is 4. The van der Waals surface area contributed by atoms with Crippen molar-refractivity contribution in [1.82, 2.24) is 10.6 Å². The zero-order chi connectivity index (χ0) is 69.6. The van der Waals surface area contributed by atoms with Gasteiger partial charge in [-0.1, -0.05) is 149 Å². The molecule has 1 aliphatic heterocycles. The standard InChI is InChI=1S/C44H57NO9S2.C27H43N5O3.C2H6/c1-9-40(54-25-12-26-55(48,49)50)36(43(5,6)37-29-35(56(51,52)53)20-16-32(37)4)21-18-33-17-15-31(3)34(28-33)19-23-41-44(7,8)38-27-30(2)14-22-39(38)45(41)24-11-10-13-42(46)47;1-5-18(4)16-19-11-13-21(14-12-19)31-24(20-8-6-9-20)22(10-7-15-30-27(29)35)32-26(34)23(17(2)3)25(28)33;1-2/h14-23,27-29,41H,9-13,24-26H2,1-8H3,(H,46,47)(H,48,49,50)(H,51,52,53);11-14,17-18,22-23,31H,5-10,15-16H2,1-4H3,(H2,28,33)(H,32,34)(H3,29,30,35);1-2H3/p+1/b21-18+,23-19+,40-36?;;. The fourth-order valence-corrected chi connectivity index (χ4v) is 13.0. The van der Waals surface area contributed by atoms with Crippen LogP contribution in [0.1, 0.15) is 191 Å². The van der Waals surface area contributed by atoms with Gasteiger partial charge in [0.1, 0.15) is 5.92 Å². The molecule has 0 bridgehead atoms. The molecular formula is C73H107N6O12S2+. The van der Waals surface area contributed by atoms with Gasteiger partial charge in [0.05, 0.1) is 34.7 Å². The van der Waals surface area contributed by atoms with Crippen molar-refractivity contribution in [3.8, 4) is 0 Å². The van der Waals surface area contributed by atoms with Crippen LogP contribution in [0.25, 0.3) is 12.2 Å². The summed E-state index contributed by atoms with van der Waals surface area (Å²) in [5.41, 5.74) is 23.2. The Balaban J connectivity index is 0.000000427. The van der Waals surface area contributed by atoms with Crippen molar-refractivity contribution in [3.63, 3.8) is 0 Å². The van der Waals surface area contributed by atoms with E-state index in [9.17, 15) is 50.2 Å². The second-order valence-electron chi connectivity index (χ2n) is 25.9. The summed E-state index contributed by atoms with van der Waals surface area (Å²) < 4.78 is 71.0. The SMILES string of the molecule is CC.CCC(C)Cc1ccc(NC(=C2CCC2)C(CCCNC(N)=O)NC(=O)C(C(N)=O)C(C)C)cc1.CCC([OH+]CCCS(=O)(=O)O)=C(/C=C/c1ccc(C)c(/C=C/C2N(CCCCC(=O)O)c3ccc(C)cc3C2(C)C)c1)C(C)(C)c1cc(S(=O)(=O)O)ccc1C. The molecule has 1 fully saturated rings. The number of carboxylic acid groups (broad SMARTS) is 1. The molecule has 0 saturated heterocycles. The lowest BCUT2D eigenvalue weighted by Gasteiger charge is -2.32. The van der Waals surface area contributed by atoms with Crippen molar-refractivity contribution in [3.05, 3.63) is 158 Å². The molecule has 1 heterocycles. The average Bonchev–Trinajstić information content (AvgIpc) is 1.63. The normalized spacial score (nSPS) is 15.8. The molecule has 512 valence electrons. The molecule has 2 aliphatic rings. The van der Waals surface area contributed by atoms with Crippen LogP contribution in [-0.4, -0.2) is 97.1 Å². The highest BCUT2D eigenvalue weighted by molar-refractivity contribution is 7.86. The number of carbonyl (C=O) groups is 4. The first-order chi connectivity index (χ1) is 43.7. The van der Waals surface area contributed by atoms with Crippen LogP contribution in [0, 0.1) is 38.5 Å². The van der Waals surface area contributed by atoms with Gasteiger partial charge < -0.3 is 42.2 Å². The highest BCUT2D eigenvalue weighted by atomic mass is 32.2. The van der Waals surface area contributed by atoms with E-state index in [1.165, 1.54) is 40.1 Å². The summed E-state index contributed by atoms with van der Waals surface area (Å²) in [5, 5.41) is 18.5. The predicted octanol–water partition coefficient (Wildman–Crippen LogP) is 13.6. The number of nitrogens with two attached hydrogens (primary N) is 2. The Hall–Kier alpha value is -7.26. The van der Waals surface area contributed by atoms with E-state index in [1.807, 2.05) is 73.6 Å². The van der Waals surface area contributed by atoms with E-state index in [0.29, 0.717) is 49.5 Å². The van der Waals surface area contributed by atoms with Crippen LogP contribution in [0.2, 0.25) is 0 Å². The Kier molecular flexibility index (Phi) is 30.1. The molecule has 1 aliphatic carbocycles. The molecule has 18 nitrogen and oxygen atoms in total. The Morgan fingerprint density at radius 3 is 2.08 bits per heavy atom. The number of aliphatic carboxylic acids is 1. The quantitative estimate of drug-likeness (QED) is 0.00564. The average molecular weight is 1320 g/mol. The number of aliphatic hydroxyl groups is 2. The zero-order valence-corrected chi connectivity index (χ0v) is 59.1. The number of benzene rings is 4. The van der Waals surface area contributed by atoms with Gasteiger partial charge in [0, 0.05) is 53.8 Å². The van der Waals surface area contributed by atoms with Crippen molar-refractivity contribution < 1.29 is 55.0 Å². The second-order valence-corrected chi connectivity index (χ2v) is 28.9. The van der Waals surface area contributed by atoms with Crippen LogP contribution in [0.3, 0.4) is 0 Å². The summed E-state index contributed by atoms with van der Waals surface area (Å²) in [7, 11) is -8.61. The predicted molar refractivity (Wildman–Crippen MR) is 377 cm³/mol. The lowest BCUT2D eigenvalue weighted by Crippen LogP contribution is -2.47. The van der Waals surface area contributed by atoms with Gasteiger partial charge in [-0.05, 0) is 171 Å². The van der Waals surface area contributed by atoms with E-state index in [4.69, 9.17) is 16.2 Å². The molecule has 20 heteroatoms. The van der Waals surface area contributed by atoms with Crippen molar-refractivity contribution in [2.24, 2.45) is 29.2 Å². The fourth-order valence-electron chi connectivity index (χ4n) is 12.0. The van der Waals surface area contributed by atoms with Crippen LogP contribution in [0.5, 0.6) is 0 Å². The number of hydrogen-bond acceptors (Lipinski definition) is 10. The van der Waals surface area contributed by atoms with E-state index in [0.717, 1.165) is 84.3 Å². The van der Waals surface area contributed by atoms with Crippen LogP contribution in [0.15, 0.2) is 119 Å². The van der Waals surface area contributed by atoms with Gasteiger partial charge in [-0.2, -0.15) is 16.8 Å². The van der Waals surface area contributed by atoms with Crippen molar-refractivity contribution in [1.29, 1.82) is 0 Å². The largest absolute Gasteiger partial charge is 0.585 e. The van der Waals surface area contributed by atoms with Gasteiger partial charge in [-0.3, -0.25) is 23.5 Å². The third-order valence-electron chi connectivity index (χ3n) is 17.6. The smallest absolute Gasteiger partial charge is 0.312 e. The Morgan fingerprint density at radius 1 is 0.839 bits per heavy atom. The third-order valence-corrected chi connectivity index (χ3v) is 19.2. The topological polar surface area (TPSA) is 301 Å². The van der Waals surface area contributed by atoms with Gasteiger partial charge in [0.25, 0.3) is 20.2 Å². The number of anilines is 2. The van der Waals surface area contributed by atoms with Crippen molar-refractivity contribution >= 4 is 67.6 Å². The van der Waals surface area contributed by atoms with Crippen LogP contribution in [0.4, 0.5) is 16.2 Å². The Bertz CT molecular complexity index is 3550. The minimum absolute atomic E-state index is 0.0364. The minimum atomic E-state index is -4.47. The van der Waals surface area contributed by atoms with Crippen LogP contribution >= 0.6 is 0 Å². The summed E-state index contributed by atoms with van der Waals surface area (Å²) in [4.78, 5) is 49.5. The van der Waals surface area contributed by atoms with E-state index in [2.05, 4.69) is 129 Å². The van der Waals surface area contributed by atoms with E-state index in [-0.39, 0.29) is 53.7 Å². The third kappa shape index (κ3) is 23.3. The van der Waals surface area contributed by atoms with Gasteiger partial charge >= 0.3 is 12.0 Å². The molecule has 4 amide bonds. The van der Waals surface area contributed by atoms with E-state index < -0.39 is 55.2 Å². The Labute approximate surface area is 555 Å². The number of amides is 4. The number of ether oxygens (including phenoxy) is 1. The second kappa shape index (κ2) is 35.9. The molecule has 11 N–H and O–H groups in total. The number of primary amides is 2. The number of nitrogens with one attached hydrogen (secondary N) is 3. The summed E-state index contributed by atoms with van der Waals surface area (Å²) >= 11 is 0. The molecular weight excluding hydrogens is 1220 g/mol. The Morgan fingerprint density at radius 2 is 1.51 bits per heavy atom. The molecule has 4 atom stereocenters. The maximum absolute atomic E-state index is 13.1. The maximum atomic E-state index is 13.1. The van der Waals surface area contributed by atoms with Crippen molar-refractivity contribution in [2.45, 2.75) is 202 Å². The minimum Gasteiger partial charge on any atom is -0.585 e. The number of urea groups is 1. The monoisotopic (exact) mass is 1320 g/mol. The number of aryl methyl sites for hydroxylation is 3. The molecule has 4 unspecified atom stereocenters. The molecule has 4 aromatic carbocycles. The molecule has 0 aromatic heterocycles. The number of unbranched alkanes of at least 4 members (excludes halogenated alkanes) is 1. The lowest BCUT2D eigenvalue weighted by atomic mass is 9.74. The lowest BCUT2D eigenvalue weighted by molar-refractivity contribution is -0.137. The molecule has 1 saturated carbocycles. The first-order valence-electron chi connectivity index (χ1n) is 32.9. The first-order valence-corrected chi connectivity index (χ1v) is 35.9. The summed E-state index contributed by atoms with van der Waals surface area (Å²) in [6, 6.07) is 24.8. The zero-order valence-electron chi connectivity index (χ0n) is 57.5. The number of nitrogens with zero attached hydrogens (tertiary/aromatic N) is 1. The van der Waals surface area contributed by atoms with Crippen LogP contribution < -0.4 is 32.3 Å². The van der Waals surface area contributed by atoms with Crippen LogP contribution in [-0.2, 0) is 51.9 Å². The van der Waals surface area contributed by atoms with Gasteiger partial charge in [-0.15, -0.1) is 0 Å². The summed E-state index contributed by atoms with van der Waals surface area (Å²) in [5.74, 6) is -1.99. The number of carboxylic acids is 1. The molecule has 0 spiro atoms. The number of hydrogen-bond donors (Lipinski definition) is 8. The molecule has 4 aromatic rings. The number of rotatable bonds is 32. The number of fused-ring (bicyclic) bond motifs is 1. The van der Waals surface area contributed by atoms with Gasteiger partial charge in [0.15, 0.2) is 6.61 Å². The van der Waals surface area contributed by atoms with E-state index in [1.54, 1.807) is 6.07 Å². The molecule has 0 radical (unpaired) electrons. The van der Waals surface area contributed by atoms with Gasteiger partial charge in [-0.25, -0.2) is 4.79 Å². The summed E-state index contributed by atoms with van der Waals surface area (Å²) in [6.45, 7) is 29.8. The highest BCUT2D eigenvalue weighted by Crippen LogP contribution is 2.47. The molecule has 93 heavy (non-hydrogen) atoms. The summed E-state index contributed by atoms with van der Waals surface area (Å²) in [6.07, 6.45) is 16.9. The maximum Gasteiger partial charge on any atom is 0.312 e. The number of carbonyl (C=O) groups excluding carboxylic acids is 3. The first kappa shape index (κ1) is 78.2. The van der Waals surface area contributed by atoms with Crippen molar-refractivity contribution in [2.75, 3.05) is 35.7 Å². The van der Waals surface area contributed by atoms with Gasteiger partial charge in [0.2, 0.25) is 17.6 Å². The fraction of sp³-hybridized carbons (Fsp3) is 0.507. The highest BCUT2D eigenvalue weighted by Gasteiger charge is 2.43.